The van der Waals surface area contributed by atoms with Crippen molar-refractivity contribution in [1.82, 2.24) is 18.9 Å². The Morgan fingerprint density at radius 2 is 2.04 bits per heavy atom. The number of imidazole rings is 1. The second-order valence-electron chi connectivity index (χ2n) is 6.56. The van der Waals surface area contributed by atoms with Crippen LogP contribution in [0.2, 0.25) is 0 Å². The van der Waals surface area contributed by atoms with E-state index >= 15 is 0 Å². The molecule has 27 heavy (non-hydrogen) atoms. The fourth-order valence-corrected chi connectivity index (χ4v) is 3.69. The molecule has 1 aliphatic heterocycles. The third-order valence-electron chi connectivity index (χ3n) is 4.53. The number of fused-ring (bicyclic) bond motifs is 1. The molecule has 0 fully saturated rings. The number of hydrogen-bond acceptors (Lipinski definition) is 7. The number of aryl methyl sites for hydroxylation is 1. The molecule has 0 N–H and O–H groups in total. The maximum Gasteiger partial charge on any atom is 0.248 e. The van der Waals surface area contributed by atoms with Gasteiger partial charge in [0.25, 0.3) is 0 Å². The predicted octanol–water partition coefficient (Wildman–Crippen LogP) is 3.34. The van der Waals surface area contributed by atoms with Gasteiger partial charge in [0.1, 0.15) is 19.5 Å². The lowest BCUT2D eigenvalue weighted by molar-refractivity contribution is 0.171. The number of benzene rings is 1. The van der Waals surface area contributed by atoms with Crippen LogP contribution in [0.1, 0.15) is 24.8 Å². The lowest BCUT2D eigenvalue weighted by Crippen LogP contribution is -2.18. The van der Waals surface area contributed by atoms with Gasteiger partial charge in [-0.1, -0.05) is 12.5 Å². The zero-order valence-corrected chi connectivity index (χ0v) is 16.2. The second-order valence-corrected chi connectivity index (χ2v) is 7.29. The van der Waals surface area contributed by atoms with E-state index in [0.717, 1.165) is 42.4 Å². The number of anilines is 1. The summed E-state index contributed by atoms with van der Waals surface area (Å²) >= 11 is 1.42. The molecule has 142 valence electrons. The van der Waals surface area contributed by atoms with E-state index in [2.05, 4.69) is 38.4 Å². The number of ether oxygens (including phenoxy) is 2. The normalized spacial score (nSPS) is 12.9. The predicted molar refractivity (Wildman–Crippen MR) is 105 cm³/mol. The van der Waals surface area contributed by atoms with Gasteiger partial charge in [0.2, 0.25) is 11.1 Å². The highest BCUT2D eigenvalue weighted by molar-refractivity contribution is 7.09. The molecule has 3 aromatic rings. The van der Waals surface area contributed by atoms with Gasteiger partial charge in [0.05, 0.1) is 0 Å². The van der Waals surface area contributed by atoms with Crippen molar-refractivity contribution < 1.29 is 9.47 Å². The second kappa shape index (κ2) is 8.39. The van der Waals surface area contributed by atoms with E-state index < -0.39 is 0 Å². The molecule has 0 spiro atoms. The first kappa shape index (κ1) is 17.8. The van der Waals surface area contributed by atoms with Gasteiger partial charge >= 0.3 is 0 Å². The average molecular weight is 385 g/mol. The Hall–Kier alpha value is -2.61. The number of hydrogen-bond donors (Lipinski definition) is 0. The van der Waals surface area contributed by atoms with Crippen LogP contribution in [-0.2, 0) is 6.42 Å². The Balaban J connectivity index is 1.20. The van der Waals surface area contributed by atoms with Crippen molar-refractivity contribution >= 4 is 16.7 Å². The monoisotopic (exact) mass is 385 g/mol. The molecule has 0 unspecified atom stereocenters. The largest absolute Gasteiger partial charge is 0.486 e. The Morgan fingerprint density at radius 3 is 2.89 bits per heavy atom. The maximum atomic E-state index is 5.65. The Bertz CT molecular complexity index is 865. The standard InChI is InChI=1S/C19H23N5O2S/c1-23(19-21-18(22-27-19)24-10-8-20-14-24)9-4-2-3-5-15-6-7-16-17(13-15)26-12-11-25-16/h6-8,10,13-14H,2-5,9,11-12H2,1H3. The highest BCUT2D eigenvalue weighted by atomic mass is 32.1. The van der Waals surface area contributed by atoms with Gasteiger partial charge in [-0.2, -0.15) is 9.36 Å². The summed E-state index contributed by atoms with van der Waals surface area (Å²) in [6.07, 6.45) is 9.81. The van der Waals surface area contributed by atoms with Gasteiger partial charge in [-0.25, -0.2) is 4.98 Å². The van der Waals surface area contributed by atoms with E-state index in [1.807, 2.05) is 16.8 Å². The van der Waals surface area contributed by atoms with Gasteiger partial charge < -0.3 is 14.4 Å². The van der Waals surface area contributed by atoms with Crippen molar-refractivity contribution in [2.75, 3.05) is 31.7 Å². The molecule has 2 aromatic heterocycles. The molecular weight excluding hydrogens is 362 g/mol. The molecule has 4 rings (SSSR count). The molecule has 1 aromatic carbocycles. The third kappa shape index (κ3) is 4.39. The molecule has 0 radical (unpaired) electrons. The van der Waals surface area contributed by atoms with Crippen LogP contribution in [-0.4, -0.2) is 45.7 Å². The van der Waals surface area contributed by atoms with E-state index in [4.69, 9.17) is 9.47 Å². The summed E-state index contributed by atoms with van der Waals surface area (Å²) in [4.78, 5) is 10.8. The Labute approximate surface area is 162 Å². The van der Waals surface area contributed by atoms with Crippen LogP contribution in [0.3, 0.4) is 0 Å². The molecule has 3 heterocycles. The molecule has 0 aliphatic carbocycles. The molecular formula is C19H23N5O2S. The van der Waals surface area contributed by atoms with Gasteiger partial charge in [0, 0.05) is 37.5 Å². The zero-order valence-electron chi connectivity index (χ0n) is 15.4. The lowest BCUT2D eigenvalue weighted by atomic mass is 10.1. The molecule has 0 saturated carbocycles. The maximum absolute atomic E-state index is 5.65. The minimum atomic E-state index is 0.636. The first-order valence-electron chi connectivity index (χ1n) is 9.21. The molecule has 0 amide bonds. The van der Waals surface area contributed by atoms with Crippen LogP contribution in [0.25, 0.3) is 5.95 Å². The lowest BCUT2D eigenvalue weighted by Gasteiger charge is -2.19. The number of unbranched alkanes of at least 4 members (excludes halogenated alkanes) is 2. The van der Waals surface area contributed by atoms with Crippen LogP contribution in [0.4, 0.5) is 5.13 Å². The average Bonchev–Trinajstić information content (AvgIpc) is 3.39. The highest BCUT2D eigenvalue weighted by Gasteiger charge is 2.12. The summed E-state index contributed by atoms with van der Waals surface area (Å²) in [5.74, 6) is 2.42. The smallest absolute Gasteiger partial charge is 0.248 e. The van der Waals surface area contributed by atoms with Crippen LogP contribution >= 0.6 is 11.5 Å². The van der Waals surface area contributed by atoms with Crippen LogP contribution in [0.15, 0.2) is 36.9 Å². The van der Waals surface area contributed by atoms with Crippen molar-refractivity contribution in [2.24, 2.45) is 0 Å². The van der Waals surface area contributed by atoms with Gasteiger partial charge in [-0.15, -0.1) is 0 Å². The summed E-state index contributed by atoms with van der Waals surface area (Å²) in [5, 5.41) is 0.936. The van der Waals surface area contributed by atoms with Crippen molar-refractivity contribution in [2.45, 2.75) is 25.7 Å². The minimum Gasteiger partial charge on any atom is -0.486 e. The molecule has 0 atom stereocenters. The van der Waals surface area contributed by atoms with E-state index in [0.29, 0.717) is 19.2 Å². The van der Waals surface area contributed by atoms with E-state index in [9.17, 15) is 0 Å². The summed E-state index contributed by atoms with van der Waals surface area (Å²) < 4.78 is 17.4. The van der Waals surface area contributed by atoms with E-state index in [1.54, 1.807) is 12.5 Å². The van der Waals surface area contributed by atoms with Gasteiger partial charge in [-0.3, -0.25) is 4.57 Å². The fourth-order valence-electron chi connectivity index (χ4n) is 3.04. The topological polar surface area (TPSA) is 65.3 Å². The van der Waals surface area contributed by atoms with Gasteiger partial charge in [-0.05, 0) is 37.0 Å². The molecule has 0 bridgehead atoms. The molecule has 0 saturated heterocycles. The Kier molecular flexibility index (Phi) is 5.53. The first-order chi connectivity index (χ1) is 13.3. The minimum absolute atomic E-state index is 0.636. The number of rotatable bonds is 8. The van der Waals surface area contributed by atoms with Gasteiger partial charge in [0.15, 0.2) is 11.5 Å². The van der Waals surface area contributed by atoms with E-state index in [-0.39, 0.29) is 0 Å². The summed E-state index contributed by atoms with van der Waals surface area (Å²) in [7, 11) is 2.07. The number of aromatic nitrogens is 4. The van der Waals surface area contributed by atoms with Crippen molar-refractivity contribution in [3.05, 3.63) is 42.5 Å². The highest BCUT2D eigenvalue weighted by Crippen LogP contribution is 2.31. The number of nitrogens with zero attached hydrogens (tertiary/aromatic N) is 5. The third-order valence-corrected chi connectivity index (χ3v) is 5.35. The SMILES string of the molecule is CN(CCCCCc1ccc2c(c1)OCCO2)c1nc(-n2ccnc2)ns1. The van der Waals surface area contributed by atoms with E-state index in [1.165, 1.54) is 23.5 Å². The fraction of sp³-hybridized carbons (Fsp3) is 0.421. The van der Waals surface area contributed by atoms with Crippen molar-refractivity contribution in [3.63, 3.8) is 0 Å². The van der Waals surface area contributed by atoms with Crippen LogP contribution in [0.5, 0.6) is 11.5 Å². The first-order valence-corrected chi connectivity index (χ1v) is 9.98. The molecule has 1 aliphatic rings. The summed E-state index contributed by atoms with van der Waals surface area (Å²) in [5.41, 5.74) is 1.31. The molecule has 8 heteroatoms. The Morgan fingerprint density at radius 1 is 1.15 bits per heavy atom. The molecule has 7 nitrogen and oxygen atoms in total. The zero-order chi connectivity index (χ0) is 18.5. The van der Waals surface area contributed by atoms with Crippen molar-refractivity contribution in [3.8, 4) is 17.4 Å². The summed E-state index contributed by atoms with van der Waals surface area (Å²) in [6, 6.07) is 6.27. The van der Waals surface area contributed by atoms with Crippen molar-refractivity contribution in [1.29, 1.82) is 0 Å². The summed E-state index contributed by atoms with van der Waals surface area (Å²) in [6.45, 7) is 2.24. The van der Waals surface area contributed by atoms with Crippen LogP contribution in [0, 0.1) is 0 Å². The quantitative estimate of drug-likeness (QED) is 0.554. The van der Waals surface area contributed by atoms with Crippen LogP contribution < -0.4 is 14.4 Å².